The molecule has 4 rings (SSSR count). The van der Waals surface area contributed by atoms with Crippen LogP contribution < -0.4 is 5.73 Å². The summed E-state index contributed by atoms with van der Waals surface area (Å²) in [7, 11) is 0. The smallest absolute Gasteiger partial charge is 0.213 e. The molecule has 1 aliphatic carbocycles. The molecule has 2 heterocycles. The molecular formula is C16H11FN4S. The minimum absolute atomic E-state index is 0.443. The Morgan fingerprint density at radius 3 is 2.82 bits per heavy atom. The van der Waals surface area contributed by atoms with E-state index < -0.39 is 5.95 Å². The molecular weight excluding hydrogens is 299 g/mol. The molecule has 0 saturated heterocycles. The normalized spacial score (nSPS) is 13.0. The molecule has 1 aliphatic rings. The van der Waals surface area contributed by atoms with Crippen LogP contribution in [0.1, 0.15) is 16.8 Å². The highest BCUT2D eigenvalue weighted by molar-refractivity contribution is 7.18. The monoisotopic (exact) mass is 310 g/mol. The van der Waals surface area contributed by atoms with Crippen molar-refractivity contribution in [2.45, 2.75) is 6.42 Å². The van der Waals surface area contributed by atoms with Gasteiger partial charge in [0.25, 0.3) is 0 Å². The SMILES string of the molecule is Nc1nnc(-c2ccc3c(c2)C(c2cccc(F)n2)=CC3)s1. The van der Waals surface area contributed by atoms with E-state index >= 15 is 0 Å². The fourth-order valence-corrected chi connectivity index (χ4v) is 3.22. The number of fused-ring (bicyclic) bond motifs is 1. The van der Waals surface area contributed by atoms with Crippen molar-refractivity contribution in [1.29, 1.82) is 0 Å². The van der Waals surface area contributed by atoms with Crippen molar-refractivity contribution in [3.63, 3.8) is 0 Å². The zero-order valence-electron chi connectivity index (χ0n) is 11.5. The Morgan fingerprint density at radius 2 is 2.05 bits per heavy atom. The maximum atomic E-state index is 13.4. The minimum Gasteiger partial charge on any atom is -0.374 e. The largest absolute Gasteiger partial charge is 0.374 e. The van der Waals surface area contributed by atoms with E-state index in [2.05, 4.69) is 27.3 Å². The van der Waals surface area contributed by atoms with Crippen molar-refractivity contribution in [3.8, 4) is 10.6 Å². The van der Waals surface area contributed by atoms with Gasteiger partial charge in [-0.1, -0.05) is 35.6 Å². The quantitative estimate of drug-likeness (QED) is 0.738. The van der Waals surface area contributed by atoms with Crippen molar-refractivity contribution in [3.05, 3.63) is 65.2 Å². The van der Waals surface area contributed by atoms with E-state index in [-0.39, 0.29) is 0 Å². The molecule has 0 amide bonds. The van der Waals surface area contributed by atoms with Crippen molar-refractivity contribution < 1.29 is 4.39 Å². The number of nitrogen functional groups attached to an aromatic ring is 1. The van der Waals surface area contributed by atoms with E-state index in [1.807, 2.05) is 18.2 Å². The van der Waals surface area contributed by atoms with Crippen LogP contribution in [0.15, 0.2) is 42.5 Å². The number of nitrogens with zero attached hydrogens (tertiary/aromatic N) is 3. The van der Waals surface area contributed by atoms with E-state index in [1.165, 1.54) is 23.0 Å². The lowest BCUT2D eigenvalue weighted by molar-refractivity contribution is 0.582. The molecule has 0 spiro atoms. The number of aromatic nitrogens is 3. The number of benzene rings is 1. The van der Waals surface area contributed by atoms with Gasteiger partial charge in [-0.25, -0.2) is 4.98 Å². The van der Waals surface area contributed by atoms with Crippen molar-refractivity contribution in [1.82, 2.24) is 15.2 Å². The second-order valence-electron chi connectivity index (χ2n) is 4.98. The third kappa shape index (κ3) is 2.17. The summed E-state index contributed by atoms with van der Waals surface area (Å²) in [6, 6.07) is 11.0. The van der Waals surface area contributed by atoms with Gasteiger partial charge in [-0.05, 0) is 35.7 Å². The first-order valence-corrected chi connectivity index (χ1v) is 7.58. The van der Waals surface area contributed by atoms with Gasteiger partial charge in [-0.2, -0.15) is 4.39 Å². The third-order valence-electron chi connectivity index (χ3n) is 3.60. The Kier molecular flexibility index (Phi) is 2.97. The fraction of sp³-hybridized carbons (Fsp3) is 0.0625. The van der Waals surface area contributed by atoms with Crippen LogP contribution in [0.25, 0.3) is 16.1 Å². The average molecular weight is 310 g/mol. The maximum Gasteiger partial charge on any atom is 0.213 e. The zero-order valence-corrected chi connectivity index (χ0v) is 12.3. The molecule has 0 aliphatic heterocycles. The highest BCUT2D eigenvalue weighted by Crippen LogP contribution is 2.35. The molecule has 6 heteroatoms. The molecule has 3 aromatic rings. The van der Waals surface area contributed by atoms with Gasteiger partial charge in [-0.3, -0.25) is 0 Å². The number of hydrogen-bond donors (Lipinski definition) is 1. The molecule has 1 aromatic carbocycles. The number of pyridine rings is 1. The molecule has 0 atom stereocenters. The summed E-state index contributed by atoms with van der Waals surface area (Å²) in [6.07, 6.45) is 2.89. The van der Waals surface area contributed by atoms with Gasteiger partial charge in [0, 0.05) is 11.1 Å². The Labute approximate surface area is 130 Å². The summed E-state index contributed by atoms with van der Waals surface area (Å²) in [5.41, 5.74) is 10.5. The van der Waals surface area contributed by atoms with E-state index in [0.29, 0.717) is 10.8 Å². The van der Waals surface area contributed by atoms with Gasteiger partial charge >= 0.3 is 0 Å². The first kappa shape index (κ1) is 13.1. The summed E-state index contributed by atoms with van der Waals surface area (Å²) in [5.74, 6) is -0.472. The number of halogens is 1. The number of anilines is 1. The highest BCUT2D eigenvalue weighted by Gasteiger charge is 2.18. The summed E-state index contributed by atoms with van der Waals surface area (Å²) in [6.45, 7) is 0. The van der Waals surface area contributed by atoms with Crippen molar-refractivity contribution >= 4 is 22.0 Å². The second-order valence-corrected chi connectivity index (χ2v) is 5.99. The van der Waals surface area contributed by atoms with Crippen LogP contribution in [0.2, 0.25) is 0 Å². The number of hydrogen-bond acceptors (Lipinski definition) is 5. The fourth-order valence-electron chi connectivity index (χ4n) is 2.61. The first-order chi connectivity index (χ1) is 10.7. The summed E-state index contributed by atoms with van der Waals surface area (Å²) in [5, 5.41) is 9.14. The van der Waals surface area contributed by atoms with E-state index in [1.54, 1.807) is 6.07 Å². The summed E-state index contributed by atoms with van der Waals surface area (Å²) in [4.78, 5) is 3.98. The van der Waals surface area contributed by atoms with Crippen LogP contribution in [0.5, 0.6) is 0 Å². The molecule has 0 fully saturated rings. The lowest BCUT2D eigenvalue weighted by atomic mass is 10.0. The van der Waals surface area contributed by atoms with Crippen molar-refractivity contribution in [2.24, 2.45) is 0 Å². The number of allylic oxidation sites excluding steroid dienone is 1. The number of nitrogens with two attached hydrogens (primary N) is 1. The Morgan fingerprint density at radius 1 is 1.14 bits per heavy atom. The second kappa shape index (κ2) is 4.99. The molecule has 108 valence electrons. The number of rotatable bonds is 2. The van der Waals surface area contributed by atoms with Gasteiger partial charge in [0.2, 0.25) is 11.1 Å². The highest BCUT2D eigenvalue weighted by atomic mass is 32.1. The van der Waals surface area contributed by atoms with Gasteiger partial charge in [0.05, 0.1) is 5.69 Å². The standard InChI is InChI=1S/C16H11FN4S/c17-14-3-1-2-13(19-14)11-7-6-9-4-5-10(8-12(9)11)15-20-21-16(18)22-15/h1-5,7-8H,6H2,(H2,18,21). The molecule has 0 radical (unpaired) electrons. The zero-order chi connectivity index (χ0) is 15.1. The topological polar surface area (TPSA) is 64.7 Å². The minimum atomic E-state index is -0.472. The molecule has 2 N–H and O–H groups in total. The Bertz CT molecular complexity index is 901. The molecule has 2 aromatic heterocycles. The summed E-state index contributed by atoms with van der Waals surface area (Å²) >= 11 is 1.35. The van der Waals surface area contributed by atoms with Crippen LogP contribution in [-0.2, 0) is 6.42 Å². The lowest BCUT2D eigenvalue weighted by Crippen LogP contribution is -1.93. The summed E-state index contributed by atoms with van der Waals surface area (Å²) < 4.78 is 13.4. The molecule has 0 unspecified atom stereocenters. The average Bonchev–Trinajstić information content (AvgIpc) is 3.12. The predicted molar refractivity (Wildman–Crippen MR) is 84.7 cm³/mol. The predicted octanol–water partition coefficient (Wildman–Crippen LogP) is 3.31. The third-order valence-corrected chi connectivity index (χ3v) is 4.41. The van der Waals surface area contributed by atoms with Gasteiger partial charge in [0.15, 0.2) is 0 Å². The molecule has 22 heavy (non-hydrogen) atoms. The van der Waals surface area contributed by atoms with Gasteiger partial charge in [-0.15, -0.1) is 10.2 Å². The molecule has 4 nitrogen and oxygen atoms in total. The first-order valence-electron chi connectivity index (χ1n) is 6.76. The van der Waals surface area contributed by atoms with E-state index in [9.17, 15) is 4.39 Å². The maximum absolute atomic E-state index is 13.4. The van der Waals surface area contributed by atoms with E-state index in [4.69, 9.17) is 5.73 Å². The van der Waals surface area contributed by atoms with Crippen LogP contribution in [0, 0.1) is 5.95 Å². The van der Waals surface area contributed by atoms with Crippen molar-refractivity contribution in [2.75, 3.05) is 5.73 Å². The van der Waals surface area contributed by atoms with E-state index in [0.717, 1.165) is 28.1 Å². The Hall–Kier alpha value is -2.60. The molecule has 0 bridgehead atoms. The van der Waals surface area contributed by atoms with Crippen LogP contribution in [0.3, 0.4) is 0 Å². The van der Waals surface area contributed by atoms with Gasteiger partial charge in [0.1, 0.15) is 5.01 Å². The Balaban J connectivity index is 1.80. The van der Waals surface area contributed by atoms with Crippen LogP contribution >= 0.6 is 11.3 Å². The lowest BCUT2D eigenvalue weighted by Gasteiger charge is -2.07. The van der Waals surface area contributed by atoms with Crippen LogP contribution in [-0.4, -0.2) is 15.2 Å². The van der Waals surface area contributed by atoms with Crippen LogP contribution in [0.4, 0.5) is 9.52 Å². The van der Waals surface area contributed by atoms with Gasteiger partial charge < -0.3 is 5.73 Å². The molecule has 0 saturated carbocycles.